The van der Waals surface area contributed by atoms with Crippen LogP contribution >= 0.6 is 11.3 Å². The van der Waals surface area contributed by atoms with Gasteiger partial charge in [0.05, 0.1) is 40.0 Å². The van der Waals surface area contributed by atoms with Gasteiger partial charge in [-0.25, -0.2) is 27.3 Å². The summed E-state index contributed by atoms with van der Waals surface area (Å²) in [6, 6.07) is 3.27. The molecule has 3 atom stereocenters. The first-order valence-electron chi connectivity index (χ1n) is 18.9. The predicted octanol–water partition coefficient (Wildman–Crippen LogP) is 9.06. The summed E-state index contributed by atoms with van der Waals surface area (Å²) in [7, 11) is 0. The van der Waals surface area contributed by atoms with Crippen LogP contribution in [0.4, 0.5) is 52.2 Å². The van der Waals surface area contributed by atoms with E-state index < -0.39 is 110 Å². The second kappa shape index (κ2) is 14.8. The molecule has 3 aromatic heterocycles. The molecular weight excluding hydrogens is 822 g/mol. The second-order valence-electron chi connectivity index (χ2n) is 16.0. The van der Waals surface area contributed by atoms with Gasteiger partial charge < -0.3 is 24.8 Å². The number of anilines is 3. The second-order valence-corrected chi connectivity index (χ2v) is 17.0. The number of fused-ring (bicyclic) bond motifs is 2. The molecule has 2 fully saturated rings. The van der Waals surface area contributed by atoms with Gasteiger partial charge in [-0.15, -0.1) is 11.3 Å². The van der Waals surface area contributed by atoms with E-state index in [0.717, 1.165) is 30.8 Å². The number of nitrogen functional groups attached to an aromatic ring is 1. The summed E-state index contributed by atoms with van der Waals surface area (Å²) in [4.78, 5) is 28.9. The van der Waals surface area contributed by atoms with E-state index in [1.807, 2.05) is 11.0 Å². The summed E-state index contributed by atoms with van der Waals surface area (Å²) in [6.07, 6.45) is -5.11. The van der Waals surface area contributed by atoms with Crippen LogP contribution in [-0.2, 0) is 10.9 Å². The normalized spacial score (nSPS) is 19.8. The number of nitrogens with one attached hydrogen (secondary N) is 1. The zero-order valence-corrected chi connectivity index (χ0v) is 33.4. The van der Waals surface area contributed by atoms with Crippen molar-refractivity contribution in [1.82, 2.24) is 19.9 Å². The molecule has 316 valence electrons. The van der Waals surface area contributed by atoms with Crippen molar-refractivity contribution in [3.05, 3.63) is 58.5 Å². The van der Waals surface area contributed by atoms with E-state index in [1.165, 1.54) is 4.90 Å². The minimum Gasteiger partial charge on any atom is -0.490 e. The lowest BCUT2D eigenvalue weighted by atomic mass is 9.91. The third kappa shape index (κ3) is 7.10. The summed E-state index contributed by atoms with van der Waals surface area (Å²) >= 11 is 0.550. The first kappa shape index (κ1) is 41.1. The van der Waals surface area contributed by atoms with Crippen molar-refractivity contribution in [2.24, 2.45) is 0 Å². The van der Waals surface area contributed by atoms with Gasteiger partial charge in [-0.05, 0) is 64.8 Å². The Bertz CT molecular complexity index is 2610. The Morgan fingerprint density at radius 3 is 2.67 bits per heavy atom. The molecule has 0 aliphatic carbocycles. The first-order chi connectivity index (χ1) is 28.3. The van der Waals surface area contributed by atoms with Crippen molar-refractivity contribution in [1.29, 1.82) is 5.26 Å². The molecule has 6 heterocycles. The molecular formula is C40H37F7N8O4S. The molecule has 3 N–H and O–H groups in total. The Kier molecular flexibility index (Phi) is 10.1. The van der Waals surface area contributed by atoms with Gasteiger partial charge in [-0.3, -0.25) is 10.2 Å². The third-order valence-corrected chi connectivity index (χ3v) is 12.1. The number of amides is 1. The summed E-state index contributed by atoms with van der Waals surface area (Å²) in [5.74, 6) is -4.48. The molecule has 2 aromatic carbocycles. The van der Waals surface area contributed by atoms with Crippen LogP contribution in [0.3, 0.4) is 0 Å². The number of hydrogen-bond donors (Lipinski definition) is 2. The number of ether oxygens (including phenoxy) is 3. The number of nitrogens with two attached hydrogens (primary N) is 1. The molecule has 60 heavy (non-hydrogen) atoms. The van der Waals surface area contributed by atoms with Gasteiger partial charge in [0.1, 0.15) is 76.2 Å². The average molecular weight is 859 g/mol. The maximum absolute atomic E-state index is 17.7. The van der Waals surface area contributed by atoms with E-state index in [-0.39, 0.29) is 53.0 Å². The van der Waals surface area contributed by atoms with Gasteiger partial charge in [-0.2, -0.15) is 28.4 Å². The van der Waals surface area contributed by atoms with Crippen molar-refractivity contribution in [3.8, 4) is 29.0 Å². The summed E-state index contributed by atoms with van der Waals surface area (Å²) in [5.41, 5.74) is 0.142. The molecule has 0 spiro atoms. The number of alkyl halides is 4. The van der Waals surface area contributed by atoms with Crippen LogP contribution in [0.25, 0.3) is 32.1 Å². The van der Waals surface area contributed by atoms with Crippen LogP contribution in [0.2, 0.25) is 0 Å². The first-order valence-corrected chi connectivity index (χ1v) is 19.7. The Balaban J connectivity index is 1.39. The minimum atomic E-state index is -5.36. The average Bonchev–Trinajstić information content (AvgIpc) is 3.78. The van der Waals surface area contributed by atoms with Crippen LogP contribution in [0, 0.1) is 28.8 Å². The minimum absolute atomic E-state index is 0.0825. The van der Waals surface area contributed by atoms with Crippen molar-refractivity contribution in [2.75, 3.05) is 48.8 Å². The third-order valence-electron chi connectivity index (χ3n) is 11.0. The lowest BCUT2D eigenvalue weighted by Gasteiger charge is -2.32. The highest BCUT2D eigenvalue weighted by molar-refractivity contribution is 7.23. The van der Waals surface area contributed by atoms with Crippen molar-refractivity contribution >= 4 is 55.1 Å². The molecule has 3 aliphatic rings. The van der Waals surface area contributed by atoms with E-state index in [2.05, 4.69) is 20.3 Å². The summed E-state index contributed by atoms with van der Waals surface area (Å²) in [6.45, 7) is 6.37. The molecule has 20 heteroatoms. The van der Waals surface area contributed by atoms with E-state index in [1.54, 1.807) is 27.7 Å². The maximum atomic E-state index is 17.7. The molecule has 5 aromatic rings. The number of nitriles is 1. The highest BCUT2D eigenvalue weighted by Crippen LogP contribution is 2.54. The van der Waals surface area contributed by atoms with E-state index >= 15 is 22.0 Å². The number of aromatic nitrogens is 3. The highest BCUT2D eigenvalue weighted by atomic mass is 32.1. The SMILES string of the molecule is C[C@H](c1cc(F)cnc1N)N1CCOc2c(C(F)(F)F)c(-c3ccc(F)c4sc(NC(=O)OC(C)(C)C)c(C#N)c34)c(F)c3nc(OC[C@@]45CCCN4C[C@H](F)C5)nc1c23. The van der Waals surface area contributed by atoms with Crippen LogP contribution in [0.5, 0.6) is 11.8 Å². The van der Waals surface area contributed by atoms with Crippen LogP contribution in [0.15, 0.2) is 24.4 Å². The van der Waals surface area contributed by atoms with E-state index in [4.69, 9.17) is 19.9 Å². The molecule has 0 radical (unpaired) electrons. The van der Waals surface area contributed by atoms with Gasteiger partial charge in [0.15, 0.2) is 5.82 Å². The number of carbonyl (C=O) groups excluding carboxylic acids is 1. The van der Waals surface area contributed by atoms with Gasteiger partial charge in [0.2, 0.25) is 0 Å². The lowest BCUT2D eigenvalue weighted by Crippen LogP contribution is -2.43. The van der Waals surface area contributed by atoms with E-state index in [9.17, 15) is 18.8 Å². The number of pyridine rings is 1. The van der Waals surface area contributed by atoms with Crippen molar-refractivity contribution in [2.45, 2.75) is 76.5 Å². The molecule has 12 nitrogen and oxygen atoms in total. The van der Waals surface area contributed by atoms with Gasteiger partial charge in [0, 0.05) is 29.5 Å². The van der Waals surface area contributed by atoms with Gasteiger partial charge in [0.25, 0.3) is 0 Å². The molecule has 3 aliphatic heterocycles. The Morgan fingerprint density at radius 2 is 1.95 bits per heavy atom. The zero-order valence-electron chi connectivity index (χ0n) is 32.6. The molecule has 0 saturated carbocycles. The number of rotatable bonds is 7. The fraction of sp³-hybridized carbons (Fsp3) is 0.425. The largest absolute Gasteiger partial charge is 0.490 e. The Labute approximate surface area is 342 Å². The molecule has 0 bridgehead atoms. The number of hydrogen-bond acceptors (Lipinski definition) is 12. The van der Waals surface area contributed by atoms with Crippen molar-refractivity contribution in [3.63, 3.8) is 0 Å². The monoisotopic (exact) mass is 858 g/mol. The molecule has 8 rings (SSSR count). The zero-order chi connectivity index (χ0) is 43.1. The number of nitrogens with zero attached hydrogens (tertiary/aromatic N) is 6. The summed E-state index contributed by atoms with van der Waals surface area (Å²) in [5, 5.41) is 11.5. The number of halogens is 7. The van der Waals surface area contributed by atoms with Gasteiger partial charge in [-0.1, -0.05) is 6.07 Å². The van der Waals surface area contributed by atoms with Crippen LogP contribution in [-0.4, -0.2) is 76.1 Å². The van der Waals surface area contributed by atoms with Gasteiger partial charge >= 0.3 is 18.3 Å². The highest BCUT2D eigenvalue weighted by Gasteiger charge is 2.50. The Hall–Kier alpha value is -5.68. The summed E-state index contributed by atoms with van der Waals surface area (Å²) < 4.78 is 127. The smallest absolute Gasteiger partial charge is 0.420 e. The van der Waals surface area contributed by atoms with Crippen LogP contribution < -0.4 is 25.4 Å². The van der Waals surface area contributed by atoms with E-state index in [0.29, 0.717) is 24.3 Å². The Morgan fingerprint density at radius 1 is 1.18 bits per heavy atom. The lowest BCUT2D eigenvalue weighted by molar-refractivity contribution is -0.138. The quantitative estimate of drug-likeness (QED) is 0.151. The molecule has 2 saturated heterocycles. The van der Waals surface area contributed by atoms with Crippen molar-refractivity contribution < 1.29 is 49.7 Å². The number of benzene rings is 2. The topological polar surface area (TPSA) is 152 Å². The maximum Gasteiger partial charge on any atom is 0.420 e. The number of thiophene rings is 1. The molecule has 0 unspecified atom stereocenters. The standard InChI is InChI=1S/C40H37F7N8O4S/c1-18(22-12-19(41)15-50-33(22)49)55-10-11-57-31-27-30(51-36(52-34(27)55)58-17-39-8-5-9-54(39)16-20(42)13-39)29(44)26(28(31)40(45,46)47)21-6-7-24(43)32-25(21)23(14-48)35(60-32)53-37(56)59-38(2,3)4/h6-7,12,15,18,20H,5,8-11,13,16-17H2,1-4H3,(H2,49,50)(H,53,56)/t18-,20-,39+/m1/s1. The fourth-order valence-corrected chi connectivity index (χ4v) is 9.59. The fourth-order valence-electron chi connectivity index (χ4n) is 8.52. The molecule has 1 amide bonds. The predicted molar refractivity (Wildman–Crippen MR) is 208 cm³/mol. The van der Waals surface area contributed by atoms with Crippen LogP contribution in [0.1, 0.15) is 69.7 Å². The number of carbonyl (C=O) groups is 1.